The van der Waals surface area contributed by atoms with E-state index in [1.807, 2.05) is 47.7 Å². The first kappa shape index (κ1) is 24.9. The molecular weight excluding hydrogens is 512 g/mol. The number of hydrogen-bond acceptors (Lipinski definition) is 5. The Labute approximate surface area is 221 Å². The van der Waals surface area contributed by atoms with E-state index in [9.17, 15) is 13.2 Å². The molecule has 7 nitrogen and oxygen atoms in total. The van der Waals surface area contributed by atoms with E-state index in [-0.39, 0.29) is 11.7 Å². The van der Waals surface area contributed by atoms with Gasteiger partial charge in [-0.05, 0) is 37.1 Å². The predicted octanol–water partition coefficient (Wildman–Crippen LogP) is 6.16. The van der Waals surface area contributed by atoms with Gasteiger partial charge in [-0.1, -0.05) is 18.2 Å². The van der Waals surface area contributed by atoms with Crippen LogP contribution in [0.4, 0.5) is 23.5 Å². The molecule has 0 spiro atoms. The predicted molar refractivity (Wildman–Crippen MR) is 139 cm³/mol. The Kier molecular flexibility index (Phi) is 5.81. The van der Waals surface area contributed by atoms with Crippen molar-refractivity contribution in [2.75, 3.05) is 18.6 Å². The molecule has 6 rings (SSSR count). The third kappa shape index (κ3) is 4.08. The molecule has 1 aliphatic rings. The number of halogens is 4. The van der Waals surface area contributed by atoms with Crippen molar-refractivity contribution in [1.29, 1.82) is 0 Å². The van der Waals surface area contributed by atoms with E-state index < -0.39 is 17.6 Å². The lowest BCUT2D eigenvalue weighted by Gasteiger charge is -2.27. The van der Waals surface area contributed by atoms with Crippen LogP contribution in [0.3, 0.4) is 0 Å². The third-order valence-corrected chi connectivity index (χ3v) is 7.15. The number of hydrogen-bond donors (Lipinski definition) is 1. The van der Waals surface area contributed by atoms with E-state index in [2.05, 4.69) is 15.0 Å². The van der Waals surface area contributed by atoms with Crippen LogP contribution >= 0.6 is 0 Å². The summed E-state index contributed by atoms with van der Waals surface area (Å²) in [5.74, 6) is -0.221. The zero-order chi connectivity index (χ0) is 27.5. The van der Waals surface area contributed by atoms with E-state index in [4.69, 9.17) is 9.84 Å². The molecule has 200 valence electrons. The molecule has 1 N–H and O–H groups in total. The molecule has 0 saturated heterocycles. The number of ether oxygens (including phenoxy) is 1. The number of methoxy groups -OCH3 is 1. The maximum absolute atomic E-state index is 15.4. The lowest BCUT2D eigenvalue weighted by molar-refractivity contribution is -0.138. The first-order chi connectivity index (χ1) is 18.7. The fraction of sp³-hybridized carbons (Fsp3) is 0.250. The number of nitrogens with one attached hydrogen (secondary N) is 1. The van der Waals surface area contributed by atoms with E-state index in [1.165, 1.54) is 13.2 Å². The molecule has 1 aliphatic heterocycles. The summed E-state index contributed by atoms with van der Waals surface area (Å²) in [5.41, 5.74) is 5.48. The van der Waals surface area contributed by atoms with Crippen LogP contribution in [-0.2, 0) is 19.1 Å². The number of aryl methyl sites for hydroxylation is 2. The van der Waals surface area contributed by atoms with Crippen LogP contribution in [0.2, 0.25) is 0 Å². The molecule has 0 saturated carbocycles. The first-order valence-electron chi connectivity index (χ1n) is 12.3. The molecule has 0 bridgehead atoms. The highest BCUT2D eigenvalue weighted by Gasteiger charge is 2.33. The summed E-state index contributed by atoms with van der Waals surface area (Å²) in [7, 11) is 1.42. The topological polar surface area (TPSA) is 71.9 Å². The van der Waals surface area contributed by atoms with Crippen molar-refractivity contribution in [2.45, 2.75) is 33.0 Å². The van der Waals surface area contributed by atoms with E-state index in [1.54, 1.807) is 6.20 Å². The largest absolute Gasteiger partial charge is 0.492 e. The summed E-state index contributed by atoms with van der Waals surface area (Å²) in [5, 5.41) is 5.75. The molecule has 11 heteroatoms. The monoisotopic (exact) mass is 536 g/mol. The van der Waals surface area contributed by atoms with Crippen LogP contribution in [-0.4, -0.2) is 38.4 Å². The SMILES string of the molecule is COc1c(F)cc(-c2c3c(nn2-c2c(C)cccc2C)CCN(c2ncc(C(F)(F)F)cn2)C3)c2cc[nH]c12. The summed E-state index contributed by atoms with van der Waals surface area (Å²) in [6, 6.07) is 9.27. The van der Waals surface area contributed by atoms with Gasteiger partial charge in [0.25, 0.3) is 0 Å². The molecule has 5 aromatic rings. The Morgan fingerprint density at radius 3 is 2.44 bits per heavy atom. The molecule has 0 atom stereocenters. The molecule has 0 fully saturated rings. The van der Waals surface area contributed by atoms with Crippen molar-refractivity contribution < 1.29 is 22.3 Å². The van der Waals surface area contributed by atoms with Crippen molar-refractivity contribution in [2.24, 2.45) is 0 Å². The molecule has 0 amide bonds. The van der Waals surface area contributed by atoms with Gasteiger partial charge in [-0.15, -0.1) is 0 Å². The number of rotatable bonds is 4. The van der Waals surface area contributed by atoms with Gasteiger partial charge >= 0.3 is 6.18 Å². The van der Waals surface area contributed by atoms with Crippen LogP contribution in [0.1, 0.15) is 27.9 Å². The number of aromatic nitrogens is 5. The van der Waals surface area contributed by atoms with Gasteiger partial charge < -0.3 is 14.6 Å². The maximum atomic E-state index is 15.4. The van der Waals surface area contributed by atoms with Crippen molar-refractivity contribution in [1.82, 2.24) is 24.7 Å². The fourth-order valence-electron chi connectivity index (χ4n) is 5.32. The molecule has 39 heavy (non-hydrogen) atoms. The highest BCUT2D eigenvalue weighted by molar-refractivity contribution is 5.99. The van der Waals surface area contributed by atoms with Gasteiger partial charge in [0.05, 0.1) is 35.3 Å². The summed E-state index contributed by atoms with van der Waals surface area (Å²) in [6.45, 7) is 4.75. The zero-order valence-electron chi connectivity index (χ0n) is 21.4. The van der Waals surface area contributed by atoms with Crippen LogP contribution in [0.15, 0.2) is 48.9 Å². The molecule has 4 heterocycles. The minimum atomic E-state index is -4.52. The van der Waals surface area contributed by atoms with Gasteiger partial charge in [0.2, 0.25) is 5.95 Å². The Balaban J connectivity index is 1.55. The molecule has 0 aliphatic carbocycles. The van der Waals surface area contributed by atoms with Crippen LogP contribution in [0, 0.1) is 19.7 Å². The molecule has 3 aromatic heterocycles. The highest BCUT2D eigenvalue weighted by Crippen LogP contribution is 2.41. The van der Waals surface area contributed by atoms with Crippen molar-refractivity contribution in [3.8, 4) is 22.7 Å². The van der Waals surface area contributed by atoms with Crippen molar-refractivity contribution in [3.63, 3.8) is 0 Å². The number of H-pyrrole nitrogens is 1. The molecule has 0 unspecified atom stereocenters. The second-order valence-corrected chi connectivity index (χ2v) is 9.57. The van der Waals surface area contributed by atoms with Crippen LogP contribution in [0.25, 0.3) is 27.8 Å². The Morgan fingerprint density at radius 2 is 1.77 bits per heavy atom. The van der Waals surface area contributed by atoms with Crippen molar-refractivity contribution >= 4 is 16.9 Å². The van der Waals surface area contributed by atoms with Gasteiger partial charge in [-0.25, -0.2) is 19.0 Å². The normalized spacial score (nSPS) is 13.7. The minimum absolute atomic E-state index is 0.116. The molecular formula is C28H24F4N6O. The van der Waals surface area contributed by atoms with E-state index >= 15 is 4.39 Å². The lowest BCUT2D eigenvalue weighted by atomic mass is 9.97. The van der Waals surface area contributed by atoms with Gasteiger partial charge in [-0.2, -0.15) is 18.3 Å². The summed E-state index contributed by atoms with van der Waals surface area (Å²) in [4.78, 5) is 12.9. The van der Waals surface area contributed by atoms with Gasteiger partial charge in [0.15, 0.2) is 11.6 Å². The number of nitrogens with zero attached hydrogens (tertiary/aromatic N) is 5. The number of aromatic amines is 1. The summed E-state index contributed by atoms with van der Waals surface area (Å²) >= 11 is 0. The number of anilines is 1. The quantitative estimate of drug-likeness (QED) is 0.279. The number of alkyl halides is 3. The maximum Gasteiger partial charge on any atom is 0.419 e. The average molecular weight is 537 g/mol. The van der Waals surface area contributed by atoms with Gasteiger partial charge in [0.1, 0.15) is 0 Å². The summed E-state index contributed by atoms with van der Waals surface area (Å²) < 4.78 is 61.8. The lowest BCUT2D eigenvalue weighted by Crippen LogP contribution is -2.31. The standard InChI is InChI=1S/C28H24F4N6O/c1-15-5-4-6-16(2)24(15)38-25(19-11-21(29)26(39-3)23-18(19)7-9-33-23)20-14-37(10-8-22(20)36-38)27-34-12-17(13-35-27)28(30,31)32/h4-7,9,11-13,33H,8,10,14H2,1-3H3. The summed E-state index contributed by atoms with van der Waals surface area (Å²) in [6.07, 6.45) is -0.694. The van der Waals surface area contributed by atoms with E-state index in [0.717, 1.165) is 45.9 Å². The smallest absolute Gasteiger partial charge is 0.419 e. The van der Waals surface area contributed by atoms with Crippen LogP contribution < -0.4 is 9.64 Å². The Bertz CT molecular complexity index is 1680. The second-order valence-electron chi connectivity index (χ2n) is 9.57. The minimum Gasteiger partial charge on any atom is -0.492 e. The fourth-order valence-corrected chi connectivity index (χ4v) is 5.32. The van der Waals surface area contributed by atoms with Crippen LogP contribution in [0.5, 0.6) is 5.75 Å². The zero-order valence-corrected chi connectivity index (χ0v) is 21.4. The molecule has 0 radical (unpaired) electrons. The second kappa shape index (κ2) is 9.11. The Hall–Kier alpha value is -4.41. The van der Waals surface area contributed by atoms with Gasteiger partial charge in [0, 0.05) is 54.6 Å². The molecule has 2 aromatic carbocycles. The van der Waals surface area contributed by atoms with Gasteiger partial charge in [-0.3, -0.25) is 0 Å². The van der Waals surface area contributed by atoms with E-state index in [0.29, 0.717) is 36.3 Å². The third-order valence-electron chi connectivity index (χ3n) is 7.15. The highest BCUT2D eigenvalue weighted by atomic mass is 19.4. The number of fused-ring (bicyclic) bond motifs is 2. The number of benzene rings is 2. The van der Waals surface area contributed by atoms with Crippen molar-refractivity contribution in [3.05, 3.63) is 82.7 Å². The Morgan fingerprint density at radius 1 is 1.05 bits per heavy atom. The average Bonchev–Trinajstić information content (AvgIpc) is 3.53. The first-order valence-corrected chi connectivity index (χ1v) is 12.3. The number of para-hydroxylation sites is 1.